The SMILES string of the molecule is CSc1ccc(CCO)cc1[N+](=O)[O-]. The average Bonchev–Trinajstić information content (AvgIpc) is 2.18. The summed E-state index contributed by atoms with van der Waals surface area (Å²) < 4.78 is 0. The minimum atomic E-state index is -0.396. The Morgan fingerprint density at radius 3 is 2.79 bits per heavy atom. The van der Waals surface area contributed by atoms with Crippen LogP contribution in [0.2, 0.25) is 0 Å². The highest BCUT2D eigenvalue weighted by Gasteiger charge is 2.13. The lowest BCUT2D eigenvalue weighted by Gasteiger charge is -2.02. The predicted octanol–water partition coefficient (Wildman–Crippen LogP) is 1.85. The van der Waals surface area contributed by atoms with Crippen molar-refractivity contribution < 1.29 is 10.0 Å². The molecule has 14 heavy (non-hydrogen) atoms. The van der Waals surface area contributed by atoms with Crippen LogP contribution in [-0.2, 0) is 6.42 Å². The van der Waals surface area contributed by atoms with Crippen LogP contribution in [0.4, 0.5) is 5.69 Å². The molecule has 0 bridgehead atoms. The first kappa shape index (κ1) is 11.0. The lowest BCUT2D eigenvalue weighted by atomic mass is 10.1. The number of nitrogens with zero attached hydrogens (tertiary/aromatic N) is 1. The molecule has 4 nitrogen and oxygen atoms in total. The molecule has 0 spiro atoms. The lowest BCUT2D eigenvalue weighted by molar-refractivity contribution is -0.387. The highest BCUT2D eigenvalue weighted by atomic mass is 32.2. The molecule has 0 atom stereocenters. The zero-order valence-corrected chi connectivity index (χ0v) is 8.58. The Kier molecular flexibility index (Phi) is 3.91. The normalized spacial score (nSPS) is 10.1. The van der Waals surface area contributed by atoms with Crippen molar-refractivity contribution in [2.45, 2.75) is 11.3 Å². The minimum Gasteiger partial charge on any atom is -0.396 e. The number of aliphatic hydroxyl groups excluding tert-OH is 1. The number of nitro benzene ring substituents is 1. The summed E-state index contributed by atoms with van der Waals surface area (Å²) in [4.78, 5) is 10.9. The molecule has 76 valence electrons. The van der Waals surface area contributed by atoms with Gasteiger partial charge in [-0.3, -0.25) is 10.1 Å². The molecular weight excluding hydrogens is 202 g/mol. The van der Waals surface area contributed by atoms with Gasteiger partial charge in [0.15, 0.2) is 0 Å². The van der Waals surface area contributed by atoms with Crippen LogP contribution >= 0.6 is 11.8 Å². The minimum absolute atomic E-state index is 0.00969. The smallest absolute Gasteiger partial charge is 0.283 e. The Morgan fingerprint density at radius 2 is 2.29 bits per heavy atom. The summed E-state index contributed by atoms with van der Waals surface area (Å²) in [5.74, 6) is 0. The Hall–Kier alpha value is -1.07. The van der Waals surface area contributed by atoms with E-state index in [2.05, 4.69) is 0 Å². The van der Waals surface area contributed by atoms with E-state index in [1.165, 1.54) is 17.8 Å². The van der Waals surface area contributed by atoms with Crippen molar-refractivity contribution in [1.82, 2.24) is 0 Å². The van der Waals surface area contributed by atoms with E-state index in [4.69, 9.17) is 5.11 Å². The molecule has 0 amide bonds. The Morgan fingerprint density at radius 1 is 1.57 bits per heavy atom. The van der Waals surface area contributed by atoms with Gasteiger partial charge in [-0.1, -0.05) is 6.07 Å². The first-order valence-corrected chi connectivity index (χ1v) is 5.33. The van der Waals surface area contributed by atoms with Gasteiger partial charge in [0.05, 0.1) is 9.82 Å². The van der Waals surface area contributed by atoms with E-state index < -0.39 is 4.92 Å². The molecule has 5 heteroatoms. The maximum atomic E-state index is 10.7. The van der Waals surface area contributed by atoms with Crippen molar-refractivity contribution in [3.8, 4) is 0 Å². The maximum Gasteiger partial charge on any atom is 0.283 e. The summed E-state index contributed by atoms with van der Waals surface area (Å²) in [6, 6.07) is 5.03. The summed E-state index contributed by atoms with van der Waals surface area (Å²) in [5, 5.41) is 19.4. The van der Waals surface area contributed by atoms with Crippen molar-refractivity contribution in [1.29, 1.82) is 0 Å². The fourth-order valence-corrected chi connectivity index (χ4v) is 1.71. The zero-order valence-electron chi connectivity index (χ0n) is 7.77. The summed E-state index contributed by atoms with van der Waals surface area (Å²) in [6.45, 7) is 0.00969. The summed E-state index contributed by atoms with van der Waals surface area (Å²) in [5.41, 5.74) is 0.903. The van der Waals surface area contributed by atoms with Gasteiger partial charge in [-0.2, -0.15) is 0 Å². The van der Waals surface area contributed by atoms with Crippen molar-refractivity contribution >= 4 is 17.4 Å². The summed E-state index contributed by atoms with van der Waals surface area (Å²) >= 11 is 1.35. The highest BCUT2D eigenvalue weighted by molar-refractivity contribution is 7.98. The second kappa shape index (κ2) is 4.97. The number of rotatable bonds is 4. The molecule has 0 saturated carbocycles. The molecule has 0 heterocycles. The number of benzene rings is 1. The molecule has 1 rings (SSSR count). The fourth-order valence-electron chi connectivity index (χ4n) is 1.16. The molecule has 1 aromatic rings. The predicted molar refractivity (Wildman–Crippen MR) is 55.7 cm³/mol. The van der Waals surface area contributed by atoms with E-state index in [1.54, 1.807) is 18.4 Å². The van der Waals surface area contributed by atoms with Crippen LogP contribution in [0, 0.1) is 10.1 Å². The first-order chi connectivity index (χ1) is 6.69. The molecule has 0 saturated heterocycles. The van der Waals surface area contributed by atoms with Crippen LogP contribution in [0.25, 0.3) is 0 Å². The fraction of sp³-hybridized carbons (Fsp3) is 0.333. The van der Waals surface area contributed by atoms with Crippen LogP contribution in [0.1, 0.15) is 5.56 Å². The van der Waals surface area contributed by atoms with Crippen molar-refractivity contribution in [3.05, 3.63) is 33.9 Å². The summed E-state index contributed by atoms with van der Waals surface area (Å²) in [7, 11) is 0. The quantitative estimate of drug-likeness (QED) is 0.471. The Bertz CT molecular complexity index is 341. The molecule has 1 aromatic carbocycles. The average molecular weight is 213 g/mol. The van der Waals surface area contributed by atoms with Gasteiger partial charge < -0.3 is 5.11 Å². The largest absolute Gasteiger partial charge is 0.396 e. The number of nitro groups is 1. The molecular formula is C9H11NO3S. The van der Waals surface area contributed by atoms with Crippen LogP contribution in [0.5, 0.6) is 0 Å². The summed E-state index contributed by atoms with van der Waals surface area (Å²) in [6.07, 6.45) is 2.25. The van der Waals surface area contributed by atoms with Crippen LogP contribution in [-0.4, -0.2) is 22.9 Å². The zero-order chi connectivity index (χ0) is 10.6. The molecule has 0 unspecified atom stereocenters. The van der Waals surface area contributed by atoms with Crippen molar-refractivity contribution in [2.75, 3.05) is 12.9 Å². The van der Waals surface area contributed by atoms with Crippen molar-refractivity contribution in [3.63, 3.8) is 0 Å². The van der Waals surface area contributed by atoms with E-state index in [0.717, 1.165) is 5.56 Å². The monoisotopic (exact) mass is 213 g/mol. The number of hydrogen-bond donors (Lipinski definition) is 1. The van der Waals surface area contributed by atoms with Gasteiger partial charge in [-0.05, 0) is 24.3 Å². The first-order valence-electron chi connectivity index (χ1n) is 4.11. The van der Waals surface area contributed by atoms with Gasteiger partial charge in [0.2, 0.25) is 0 Å². The molecule has 1 N–H and O–H groups in total. The van der Waals surface area contributed by atoms with E-state index in [9.17, 15) is 10.1 Å². The second-order valence-electron chi connectivity index (χ2n) is 2.74. The van der Waals surface area contributed by atoms with Gasteiger partial charge in [0.25, 0.3) is 5.69 Å². The van der Waals surface area contributed by atoms with Crippen LogP contribution in [0.15, 0.2) is 23.1 Å². The van der Waals surface area contributed by atoms with Crippen molar-refractivity contribution in [2.24, 2.45) is 0 Å². The molecule has 0 aliphatic carbocycles. The topological polar surface area (TPSA) is 63.4 Å². The number of thioether (sulfide) groups is 1. The van der Waals surface area contributed by atoms with E-state index in [0.29, 0.717) is 11.3 Å². The van der Waals surface area contributed by atoms with Gasteiger partial charge in [0, 0.05) is 12.7 Å². The van der Waals surface area contributed by atoms with Gasteiger partial charge in [-0.15, -0.1) is 11.8 Å². The third-order valence-electron chi connectivity index (χ3n) is 1.84. The third-order valence-corrected chi connectivity index (χ3v) is 2.63. The van der Waals surface area contributed by atoms with E-state index in [1.807, 2.05) is 0 Å². The van der Waals surface area contributed by atoms with Gasteiger partial charge >= 0.3 is 0 Å². The number of aliphatic hydroxyl groups is 1. The highest BCUT2D eigenvalue weighted by Crippen LogP contribution is 2.28. The Labute approximate surface area is 86.1 Å². The third kappa shape index (κ3) is 2.46. The lowest BCUT2D eigenvalue weighted by Crippen LogP contribution is -1.95. The molecule has 0 fully saturated rings. The standard InChI is InChI=1S/C9H11NO3S/c1-14-9-3-2-7(4-5-11)6-8(9)10(12)13/h2-3,6,11H,4-5H2,1H3. The van der Waals surface area contributed by atoms with Gasteiger partial charge in [-0.25, -0.2) is 0 Å². The second-order valence-corrected chi connectivity index (χ2v) is 3.58. The van der Waals surface area contributed by atoms with Crippen LogP contribution < -0.4 is 0 Å². The van der Waals surface area contributed by atoms with Crippen LogP contribution in [0.3, 0.4) is 0 Å². The molecule has 0 aliphatic rings. The molecule has 0 aliphatic heterocycles. The maximum absolute atomic E-state index is 10.7. The van der Waals surface area contributed by atoms with E-state index >= 15 is 0 Å². The Balaban J connectivity index is 3.07. The van der Waals surface area contributed by atoms with Gasteiger partial charge in [0.1, 0.15) is 0 Å². The van der Waals surface area contributed by atoms with E-state index in [-0.39, 0.29) is 12.3 Å². The number of hydrogen-bond acceptors (Lipinski definition) is 4. The molecule has 0 aromatic heterocycles. The molecule has 0 radical (unpaired) electrons.